The number of carbonyl (C=O) groups excluding carboxylic acids is 1. The van der Waals surface area contributed by atoms with Crippen LogP contribution in [0.2, 0.25) is 0 Å². The van der Waals surface area contributed by atoms with E-state index in [9.17, 15) is 9.59 Å². The van der Waals surface area contributed by atoms with Crippen LogP contribution in [-0.2, 0) is 4.79 Å². The molecule has 2 amide bonds. The van der Waals surface area contributed by atoms with Crippen LogP contribution in [-0.4, -0.2) is 41.1 Å². The zero-order chi connectivity index (χ0) is 10.6. The van der Waals surface area contributed by atoms with Crippen molar-refractivity contribution in [3.63, 3.8) is 0 Å². The first-order valence-corrected chi connectivity index (χ1v) is 4.31. The number of nitrogens with zero attached hydrogens (tertiary/aromatic N) is 2. The van der Waals surface area contributed by atoms with Crippen LogP contribution in [0.5, 0.6) is 0 Å². The molecule has 0 radical (unpaired) electrons. The maximum Gasteiger partial charge on any atom is 0.405 e. The number of hydrogen-bond acceptors (Lipinski definition) is 3. The van der Waals surface area contributed by atoms with Crippen molar-refractivity contribution < 1.29 is 14.7 Å². The van der Waals surface area contributed by atoms with E-state index < -0.39 is 12.1 Å². The van der Waals surface area contributed by atoms with Crippen molar-refractivity contribution in [3.05, 3.63) is 0 Å². The fourth-order valence-corrected chi connectivity index (χ4v) is 1.45. The fraction of sp³-hybridized carbons (Fsp3) is 0.625. The van der Waals surface area contributed by atoms with Gasteiger partial charge in [-0.15, -0.1) is 0 Å². The summed E-state index contributed by atoms with van der Waals surface area (Å²) in [6, 6.07) is 1.62. The van der Waals surface area contributed by atoms with Gasteiger partial charge >= 0.3 is 6.09 Å². The van der Waals surface area contributed by atoms with E-state index in [1.807, 2.05) is 11.4 Å². The Kier molecular flexibility index (Phi) is 3.29. The third-order valence-electron chi connectivity index (χ3n) is 2.11. The van der Waals surface area contributed by atoms with E-state index in [0.717, 1.165) is 6.42 Å². The van der Waals surface area contributed by atoms with Crippen LogP contribution in [0.4, 0.5) is 4.79 Å². The molecular formula is C8H11N3O3. The molecule has 0 unspecified atom stereocenters. The van der Waals surface area contributed by atoms with E-state index in [1.54, 1.807) is 0 Å². The van der Waals surface area contributed by atoms with E-state index in [1.165, 1.54) is 4.90 Å². The quantitative estimate of drug-likeness (QED) is 0.639. The van der Waals surface area contributed by atoms with Crippen molar-refractivity contribution in [2.75, 3.05) is 13.1 Å². The molecule has 14 heavy (non-hydrogen) atoms. The van der Waals surface area contributed by atoms with Crippen molar-refractivity contribution in [1.82, 2.24) is 10.2 Å². The second-order valence-electron chi connectivity index (χ2n) is 3.03. The summed E-state index contributed by atoms with van der Waals surface area (Å²) in [6.07, 6.45) is 0.248. The molecule has 1 fully saturated rings. The van der Waals surface area contributed by atoms with Gasteiger partial charge in [0.05, 0.1) is 6.07 Å². The standard InChI is InChI=1S/C8H11N3O3/c9-4-6-2-1-3-11(6)7(12)5-10-8(13)14/h6,10H,1-3,5H2,(H,13,14)/t6-/m0/s1. The smallest absolute Gasteiger partial charge is 0.405 e. The lowest BCUT2D eigenvalue weighted by Gasteiger charge is -2.18. The van der Waals surface area contributed by atoms with Gasteiger partial charge in [0.15, 0.2) is 0 Å². The number of amides is 2. The molecule has 6 nitrogen and oxygen atoms in total. The minimum atomic E-state index is -1.23. The van der Waals surface area contributed by atoms with Crippen LogP contribution in [0.3, 0.4) is 0 Å². The van der Waals surface area contributed by atoms with Gasteiger partial charge in [0.1, 0.15) is 12.6 Å². The number of nitriles is 1. The normalized spacial score (nSPS) is 20.2. The summed E-state index contributed by atoms with van der Waals surface area (Å²) < 4.78 is 0. The second-order valence-corrected chi connectivity index (χ2v) is 3.03. The first kappa shape index (κ1) is 10.3. The van der Waals surface area contributed by atoms with Crippen LogP contribution in [0.15, 0.2) is 0 Å². The largest absolute Gasteiger partial charge is 0.465 e. The number of rotatable bonds is 2. The van der Waals surface area contributed by atoms with Gasteiger partial charge in [0.2, 0.25) is 5.91 Å². The van der Waals surface area contributed by atoms with Gasteiger partial charge in [-0.25, -0.2) is 4.79 Å². The molecule has 1 rings (SSSR count). The number of carbonyl (C=O) groups is 2. The number of carboxylic acid groups (broad SMARTS) is 1. The number of likely N-dealkylation sites (tertiary alicyclic amines) is 1. The lowest BCUT2D eigenvalue weighted by molar-refractivity contribution is -0.130. The summed E-state index contributed by atoms with van der Waals surface area (Å²) in [7, 11) is 0. The summed E-state index contributed by atoms with van der Waals surface area (Å²) in [4.78, 5) is 22.9. The van der Waals surface area contributed by atoms with E-state index >= 15 is 0 Å². The number of nitrogens with one attached hydrogen (secondary N) is 1. The summed E-state index contributed by atoms with van der Waals surface area (Å²) >= 11 is 0. The minimum Gasteiger partial charge on any atom is -0.465 e. The highest BCUT2D eigenvalue weighted by molar-refractivity contribution is 5.82. The molecule has 1 aliphatic rings. The molecule has 1 saturated heterocycles. The first-order valence-electron chi connectivity index (χ1n) is 4.31. The lowest BCUT2D eigenvalue weighted by atomic mass is 10.2. The Balaban J connectivity index is 2.44. The maximum atomic E-state index is 11.4. The van der Waals surface area contributed by atoms with Crippen molar-refractivity contribution in [3.8, 4) is 6.07 Å². The molecule has 0 spiro atoms. The van der Waals surface area contributed by atoms with Crippen LogP contribution in [0, 0.1) is 11.3 Å². The van der Waals surface area contributed by atoms with Crippen LogP contribution >= 0.6 is 0 Å². The monoisotopic (exact) mass is 197 g/mol. The van der Waals surface area contributed by atoms with E-state index in [4.69, 9.17) is 10.4 Å². The van der Waals surface area contributed by atoms with Gasteiger partial charge in [-0.1, -0.05) is 0 Å². The zero-order valence-electron chi connectivity index (χ0n) is 7.56. The Morgan fingerprint density at radius 1 is 1.64 bits per heavy atom. The molecule has 0 aromatic heterocycles. The van der Waals surface area contributed by atoms with Gasteiger partial charge in [0.25, 0.3) is 0 Å². The SMILES string of the molecule is N#C[C@@H]1CCCN1C(=O)CNC(=O)O. The van der Waals surface area contributed by atoms with Gasteiger partial charge in [-0.2, -0.15) is 5.26 Å². The van der Waals surface area contributed by atoms with Gasteiger partial charge in [0, 0.05) is 6.54 Å². The van der Waals surface area contributed by atoms with Crippen molar-refractivity contribution >= 4 is 12.0 Å². The second kappa shape index (κ2) is 4.46. The van der Waals surface area contributed by atoms with E-state index in [2.05, 4.69) is 0 Å². The first-order chi connectivity index (χ1) is 6.65. The molecule has 0 saturated carbocycles. The molecule has 1 aliphatic heterocycles. The summed E-state index contributed by atoms with van der Waals surface area (Å²) in [5, 5.41) is 18.9. The molecule has 76 valence electrons. The van der Waals surface area contributed by atoms with Crippen LogP contribution in [0.25, 0.3) is 0 Å². The maximum absolute atomic E-state index is 11.4. The Hall–Kier alpha value is -1.77. The average Bonchev–Trinajstić information content (AvgIpc) is 2.61. The minimum absolute atomic E-state index is 0.256. The topological polar surface area (TPSA) is 93.4 Å². The molecule has 2 N–H and O–H groups in total. The van der Waals surface area contributed by atoms with Crippen molar-refractivity contribution in [2.45, 2.75) is 18.9 Å². The molecule has 0 aromatic carbocycles. The van der Waals surface area contributed by atoms with Crippen LogP contribution in [0.1, 0.15) is 12.8 Å². The van der Waals surface area contributed by atoms with Crippen molar-refractivity contribution in [1.29, 1.82) is 5.26 Å². The van der Waals surface area contributed by atoms with E-state index in [0.29, 0.717) is 13.0 Å². The molecule has 1 heterocycles. The fourth-order valence-electron chi connectivity index (χ4n) is 1.45. The highest BCUT2D eigenvalue weighted by Gasteiger charge is 2.28. The van der Waals surface area contributed by atoms with Crippen LogP contribution < -0.4 is 5.32 Å². The third kappa shape index (κ3) is 2.36. The summed E-state index contributed by atoms with van der Waals surface area (Å²) in [5.41, 5.74) is 0. The predicted molar refractivity (Wildman–Crippen MR) is 46.4 cm³/mol. The Bertz CT molecular complexity index is 284. The molecule has 0 bridgehead atoms. The molecule has 6 heteroatoms. The zero-order valence-corrected chi connectivity index (χ0v) is 7.56. The van der Waals surface area contributed by atoms with Crippen molar-refractivity contribution in [2.24, 2.45) is 0 Å². The summed E-state index contributed by atoms with van der Waals surface area (Å²) in [5.74, 6) is -0.337. The molecular weight excluding hydrogens is 186 g/mol. The molecule has 0 aliphatic carbocycles. The van der Waals surface area contributed by atoms with Gasteiger partial charge < -0.3 is 15.3 Å². The lowest BCUT2D eigenvalue weighted by Crippen LogP contribution is -2.41. The third-order valence-corrected chi connectivity index (χ3v) is 2.11. The highest BCUT2D eigenvalue weighted by atomic mass is 16.4. The van der Waals surface area contributed by atoms with E-state index in [-0.39, 0.29) is 12.5 Å². The average molecular weight is 197 g/mol. The highest BCUT2D eigenvalue weighted by Crippen LogP contribution is 2.15. The Morgan fingerprint density at radius 3 is 2.93 bits per heavy atom. The molecule has 0 aromatic rings. The Morgan fingerprint density at radius 2 is 2.36 bits per heavy atom. The van der Waals surface area contributed by atoms with Gasteiger partial charge in [-0.3, -0.25) is 4.79 Å². The Labute approximate surface area is 81.1 Å². The predicted octanol–water partition coefficient (Wildman–Crippen LogP) is -0.231. The summed E-state index contributed by atoms with van der Waals surface area (Å²) in [6.45, 7) is 0.284. The molecule has 1 atom stereocenters. The van der Waals surface area contributed by atoms with Gasteiger partial charge in [-0.05, 0) is 12.8 Å². The number of hydrogen-bond donors (Lipinski definition) is 2.